The fourth-order valence-corrected chi connectivity index (χ4v) is 5.28. The van der Waals surface area contributed by atoms with Gasteiger partial charge in [-0.2, -0.15) is 5.26 Å². The zero-order chi connectivity index (χ0) is 21.7. The van der Waals surface area contributed by atoms with E-state index in [2.05, 4.69) is 10.5 Å². The molecule has 0 radical (unpaired) electrons. The Bertz CT molecular complexity index is 1010. The van der Waals surface area contributed by atoms with Crippen LogP contribution < -0.4 is 40.0 Å². The van der Waals surface area contributed by atoms with Crippen LogP contribution in [-0.4, -0.2) is 50.8 Å². The first-order valence-electron chi connectivity index (χ1n) is 8.64. The molecule has 2 atom stereocenters. The molecule has 0 aromatic heterocycles. The van der Waals surface area contributed by atoms with Gasteiger partial charge in [0.15, 0.2) is 5.71 Å². The molecule has 0 saturated carbocycles. The largest absolute Gasteiger partial charge is 1.00 e. The molecule has 2 aliphatic rings. The number of nitrogens with zero attached hydrogens (tertiary/aromatic N) is 3. The summed E-state index contributed by atoms with van der Waals surface area (Å²) < 4.78 is 0. The fraction of sp³-hybridized carbons (Fsp3) is 0.211. The number of benzene rings is 1. The molecule has 1 aromatic rings. The summed E-state index contributed by atoms with van der Waals surface area (Å²) in [6, 6.07) is 9.90. The van der Waals surface area contributed by atoms with E-state index in [1.807, 2.05) is 18.2 Å². The molecule has 0 aliphatic carbocycles. The average molecular weight is 466 g/mol. The number of carboxylic acids is 1. The summed E-state index contributed by atoms with van der Waals surface area (Å²) in [7, 11) is 0. The van der Waals surface area contributed by atoms with Crippen molar-refractivity contribution < 1.29 is 54.3 Å². The zero-order valence-corrected chi connectivity index (χ0v) is 20.0. The van der Waals surface area contributed by atoms with Gasteiger partial charge in [0.05, 0.1) is 18.1 Å². The summed E-state index contributed by atoms with van der Waals surface area (Å²) in [5.41, 5.74) is 0.297. The van der Waals surface area contributed by atoms with Crippen molar-refractivity contribution in [2.45, 2.75) is 17.8 Å². The SMILES string of the molecule is N#CC(/C=C\SC1=C(C(=O)[O-])N2C(=O)C(NC(=O)Cc3ccccc3)[C@H]2SC1)=N\O.[Na+]. The minimum absolute atomic E-state index is 0. The smallest absolute Gasteiger partial charge is 0.543 e. The molecule has 31 heavy (non-hydrogen) atoms. The fourth-order valence-electron chi connectivity index (χ4n) is 2.95. The number of rotatable bonds is 7. The van der Waals surface area contributed by atoms with Crippen LogP contribution in [0.3, 0.4) is 0 Å². The number of thioether (sulfide) groups is 2. The van der Waals surface area contributed by atoms with Crippen LogP contribution in [0.4, 0.5) is 0 Å². The standard InChI is InChI=1S/C19H16N4O5S2.Na/c20-9-12(22-28)6-7-29-13-10-30-18-15(17(25)23(18)16(13)19(26)27)21-14(24)8-11-4-2-1-3-5-11;/h1-7,15,18,28H,8,10H2,(H,21,24)(H,26,27);/q;+1/p-1/b7-6-,22-12-;/t15?,18-;/m1./s1. The Morgan fingerprint density at radius 2 is 2.13 bits per heavy atom. The summed E-state index contributed by atoms with van der Waals surface area (Å²) in [5.74, 6) is -2.08. The van der Waals surface area contributed by atoms with E-state index in [4.69, 9.17) is 10.5 Å². The second-order valence-corrected chi connectivity index (χ2v) is 8.30. The molecular formula is C19H15N4NaO5S2. The van der Waals surface area contributed by atoms with Gasteiger partial charge in [0.2, 0.25) is 5.91 Å². The molecule has 1 unspecified atom stereocenters. The molecule has 154 valence electrons. The van der Waals surface area contributed by atoms with E-state index in [1.54, 1.807) is 18.2 Å². The number of nitriles is 1. The van der Waals surface area contributed by atoms with Gasteiger partial charge in [-0.15, -0.1) is 11.8 Å². The van der Waals surface area contributed by atoms with Crippen molar-refractivity contribution in [3.05, 3.63) is 58.0 Å². The molecule has 12 heteroatoms. The van der Waals surface area contributed by atoms with E-state index in [0.29, 0.717) is 4.91 Å². The third-order valence-electron chi connectivity index (χ3n) is 4.31. The van der Waals surface area contributed by atoms with Gasteiger partial charge in [-0.05, 0) is 17.0 Å². The van der Waals surface area contributed by atoms with E-state index in [9.17, 15) is 19.5 Å². The Morgan fingerprint density at radius 3 is 2.74 bits per heavy atom. The number of carbonyl (C=O) groups excluding carboxylic acids is 3. The number of amides is 2. The topological polar surface area (TPSA) is 146 Å². The molecule has 3 rings (SSSR count). The molecule has 1 saturated heterocycles. The summed E-state index contributed by atoms with van der Waals surface area (Å²) >= 11 is 2.30. The number of allylic oxidation sites excluding steroid dienone is 1. The van der Waals surface area contributed by atoms with Crippen LogP contribution >= 0.6 is 23.5 Å². The number of nitrogens with one attached hydrogen (secondary N) is 1. The molecule has 2 N–H and O–H groups in total. The third-order valence-corrected chi connectivity index (χ3v) is 6.67. The van der Waals surface area contributed by atoms with Crippen molar-refractivity contribution >= 4 is 47.0 Å². The number of aliphatic carboxylic acids is 1. The molecule has 9 nitrogen and oxygen atoms in total. The molecule has 1 aromatic carbocycles. The Hall–Kier alpha value is -2.23. The summed E-state index contributed by atoms with van der Waals surface area (Å²) in [5, 5.41) is 35.3. The molecular weight excluding hydrogens is 451 g/mol. The van der Waals surface area contributed by atoms with Crippen LogP contribution in [0.15, 0.2) is 57.6 Å². The summed E-state index contributed by atoms with van der Waals surface area (Å²) in [6.45, 7) is 0. The molecule has 1 fully saturated rings. The van der Waals surface area contributed by atoms with Crippen molar-refractivity contribution in [1.29, 1.82) is 5.26 Å². The van der Waals surface area contributed by atoms with Gasteiger partial charge >= 0.3 is 29.6 Å². The molecule has 2 aliphatic heterocycles. The van der Waals surface area contributed by atoms with Gasteiger partial charge in [0, 0.05) is 10.7 Å². The number of oxime groups is 1. The van der Waals surface area contributed by atoms with Gasteiger partial charge in [-0.3, -0.25) is 14.5 Å². The quantitative estimate of drug-likeness (QED) is 0.144. The maximum absolute atomic E-state index is 12.6. The molecule has 2 heterocycles. The van der Waals surface area contributed by atoms with Crippen LogP contribution in [0.5, 0.6) is 0 Å². The van der Waals surface area contributed by atoms with Crippen LogP contribution in [0.1, 0.15) is 5.56 Å². The number of hydrogen-bond acceptors (Lipinski definition) is 9. The normalized spacial score (nSPS) is 20.4. The molecule has 0 bridgehead atoms. The van der Waals surface area contributed by atoms with E-state index in [0.717, 1.165) is 22.2 Å². The first-order chi connectivity index (χ1) is 14.5. The van der Waals surface area contributed by atoms with Crippen molar-refractivity contribution in [3.8, 4) is 6.07 Å². The van der Waals surface area contributed by atoms with Crippen LogP contribution in [-0.2, 0) is 20.8 Å². The Labute approximate surface area is 208 Å². The second kappa shape index (κ2) is 11.4. The average Bonchev–Trinajstić information content (AvgIpc) is 2.75. The maximum atomic E-state index is 12.6. The summed E-state index contributed by atoms with van der Waals surface area (Å²) in [6.07, 6.45) is 1.33. The maximum Gasteiger partial charge on any atom is 1.00 e. The number of β-lactam (4-membered cyclic amide) rings is 1. The van der Waals surface area contributed by atoms with E-state index >= 15 is 0 Å². The molecule has 2 amide bonds. The predicted molar refractivity (Wildman–Crippen MR) is 109 cm³/mol. The van der Waals surface area contributed by atoms with Gasteiger partial charge in [0.25, 0.3) is 5.91 Å². The first-order valence-corrected chi connectivity index (χ1v) is 10.6. The van der Waals surface area contributed by atoms with Crippen molar-refractivity contribution in [3.63, 3.8) is 0 Å². The minimum Gasteiger partial charge on any atom is -0.543 e. The van der Waals surface area contributed by atoms with Gasteiger partial charge in [-0.25, -0.2) is 0 Å². The van der Waals surface area contributed by atoms with E-state index in [1.165, 1.54) is 23.2 Å². The Morgan fingerprint density at radius 1 is 1.42 bits per heavy atom. The number of carboxylic acid groups (broad SMARTS) is 1. The van der Waals surface area contributed by atoms with Gasteiger partial charge in [-0.1, -0.05) is 47.2 Å². The first kappa shape index (κ1) is 25.0. The predicted octanol–water partition coefficient (Wildman–Crippen LogP) is -2.80. The number of fused-ring (bicyclic) bond motifs is 1. The zero-order valence-electron chi connectivity index (χ0n) is 16.3. The van der Waals surface area contributed by atoms with E-state index < -0.39 is 23.3 Å². The van der Waals surface area contributed by atoms with Crippen molar-refractivity contribution in [2.75, 3.05) is 5.75 Å². The Balaban J connectivity index is 0.00000341. The van der Waals surface area contributed by atoms with Gasteiger partial charge in [0.1, 0.15) is 17.5 Å². The number of carbonyl (C=O) groups is 3. The van der Waals surface area contributed by atoms with Gasteiger partial charge < -0.3 is 20.4 Å². The number of hydrogen-bond donors (Lipinski definition) is 2. The van der Waals surface area contributed by atoms with Crippen LogP contribution in [0, 0.1) is 11.3 Å². The Kier molecular flexibility index (Phi) is 9.21. The van der Waals surface area contributed by atoms with Crippen molar-refractivity contribution in [2.24, 2.45) is 5.16 Å². The summed E-state index contributed by atoms with van der Waals surface area (Å²) in [4.78, 5) is 38.0. The van der Waals surface area contributed by atoms with Crippen LogP contribution in [0.25, 0.3) is 0 Å². The van der Waals surface area contributed by atoms with E-state index in [-0.39, 0.29) is 59.0 Å². The minimum atomic E-state index is -1.50. The monoisotopic (exact) mass is 466 g/mol. The molecule has 0 spiro atoms. The van der Waals surface area contributed by atoms with Crippen LogP contribution in [0.2, 0.25) is 0 Å². The second-order valence-electron chi connectivity index (χ2n) is 6.19. The third kappa shape index (κ3) is 5.72. The van der Waals surface area contributed by atoms with Crippen molar-refractivity contribution in [1.82, 2.24) is 10.2 Å².